The molecule has 0 saturated heterocycles. The van der Waals surface area contributed by atoms with E-state index in [1.165, 1.54) is 0 Å². The number of hydrogen-bond donors (Lipinski definition) is 0. The summed E-state index contributed by atoms with van der Waals surface area (Å²) in [7, 11) is 0.611. The van der Waals surface area contributed by atoms with Crippen LogP contribution in [-0.2, 0) is 9.49 Å². The largest absolute Gasteiger partial charge is 0.407 e. The van der Waals surface area contributed by atoms with Crippen molar-refractivity contribution in [1.29, 1.82) is 0 Å². The molecular formula is C14H15ClOSi. The third-order valence-corrected chi connectivity index (χ3v) is 4.31. The molecule has 0 saturated carbocycles. The molecule has 0 aliphatic heterocycles. The number of hydrogen-bond acceptors (Lipinski definition) is 1. The molecule has 88 valence electrons. The van der Waals surface area contributed by atoms with Crippen LogP contribution < -0.4 is 0 Å². The fraction of sp³-hybridized carbons (Fsp3) is 0.143. The second-order valence-corrected chi connectivity index (χ2v) is 5.16. The van der Waals surface area contributed by atoms with Crippen LogP contribution in [0.1, 0.15) is 12.5 Å². The molecule has 1 nitrogen and oxygen atoms in total. The molecule has 2 aromatic rings. The van der Waals surface area contributed by atoms with E-state index in [9.17, 15) is 0 Å². The van der Waals surface area contributed by atoms with Gasteiger partial charge in [-0.1, -0.05) is 66.2 Å². The van der Waals surface area contributed by atoms with Gasteiger partial charge in [-0.2, -0.15) is 0 Å². The van der Waals surface area contributed by atoms with Crippen LogP contribution in [-0.4, -0.2) is 10.5 Å². The molecule has 2 rings (SSSR count). The minimum absolute atomic E-state index is 0.611. The smallest absolute Gasteiger partial charge is 0.154 e. The normalized spacial score (nSPS) is 14.5. The maximum Gasteiger partial charge on any atom is 0.154 e. The Morgan fingerprint density at radius 3 is 2.24 bits per heavy atom. The Morgan fingerprint density at radius 2 is 1.59 bits per heavy atom. The summed E-state index contributed by atoms with van der Waals surface area (Å²) in [5.41, 5.74) is 3.30. The van der Waals surface area contributed by atoms with Crippen LogP contribution in [0, 0.1) is 0 Å². The second-order valence-electron chi connectivity index (χ2n) is 4.03. The lowest BCUT2D eigenvalue weighted by Crippen LogP contribution is -2.17. The standard InChI is InChI=1S/C14H15ClOSi/c1-14(15,16-17)13-10-6-5-9-12(13)11-7-3-2-4-8-11/h2-10H,1,17H3. The third kappa shape index (κ3) is 2.60. The van der Waals surface area contributed by atoms with E-state index in [-0.39, 0.29) is 0 Å². The van der Waals surface area contributed by atoms with Gasteiger partial charge in [-0.05, 0) is 18.1 Å². The minimum Gasteiger partial charge on any atom is -0.407 e. The molecule has 0 amide bonds. The summed E-state index contributed by atoms with van der Waals surface area (Å²) in [6.45, 7) is 1.89. The maximum absolute atomic E-state index is 6.41. The van der Waals surface area contributed by atoms with Crippen molar-refractivity contribution in [3.63, 3.8) is 0 Å². The molecule has 2 aromatic carbocycles. The first-order chi connectivity index (χ1) is 8.15. The first-order valence-corrected chi connectivity index (χ1v) is 6.73. The van der Waals surface area contributed by atoms with E-state index in [1.54, 1.807) is 0 Å². The van der Waals surface area contributed by atoms with Crippen molar-refractivity contribution in [1.82, 2.24) is 0 Å². The van der Waals surface area contributed by atoms with Crippen LogP contribution in [0.15, 0.2) is 54.6 Å². The number of alkyl halides is 1. The van der Waals surface area contributed by atoms with Gasteiger partial charge in [0.05, 0.1) is 0 Å². The molecule has 17 heavy (non-hydrogen) atoms. The van der Waals surface area contributed by atoms with E-state index in [1.807, 2.05) is 43.3 Å². The highest BCUT2D eigenvalue weighted by atomic mass is 35.5. The quantitative estimate of drug-likeness (QED) is 0.610. The lowest BCUT2D eigenvalue weighted by atomic mass is 9.96. The number of halogens is 1. The Balaban J connectivity index is 2.56. The van der Waals surface area contributed by atoms with E-state index in [0.29, 0.717) is 10.5 Å². The van der Waals surface area contributed by atoms with Crippen molar-refractivity contribution in [2.45, 2.75) is 12.0 Å². The molecule has 0 aliphatic rings. The number of rotatable bonds is 3. The van der Waals surface area contributed by atoms with Gasteiger partial charge in [0.15, 0.2) is 5.06 Å². The zero-order chi connectivity index (χ0) is 12.3. The molecule has 0 spiro atoms. The average molecular weight is 263 g/mol. The van der Waals surface area contributed by atoms with Crippen molar-refractivity contribution >= 4 is 22.1 Å². The van der Waals surface area contributed by atoms with E-state index < -0.39 is 5.06 Å². The van der Waals surface area contributed by atoms with Crippen molar-refractivity contribution in [2.75, 3.05) is 0 Å². The molecule has 3 heteroatoms. The molecule has 0 bridgehead atoms. The highest BCUT2D eigenvalue weighted by Gasteiger charge is 2.24. The third-order valence-electron chi connectivity index (χ3n) is 2.88. The van der Waals surface area contributed by atoms with Crippen molar-refractivity contribution in [3.05, 3.63) is 60.2 Å². The van der Waals surface area contributed by atoms with E-state index in [0.717, 1.165) is 16.7 Å². The molecule has 0 aromatic heterocycles. The van der Waals surface area contributed by atoms with Gasteiger partial charge in [-0.25, -0.2) is 0 Å². The summed E-state index contributed by atoms with van der Waals surface area (Å²) in [6, 6.07) is 18.3. The summed E-state index contributed by atoms with van der Waals surface area (Å²) in [5, 5.41) is -0.737. The predicted octanol–water partition coefficient (Wildman–Crippen LogP) is 3.06. The van der Waals surface area contributed by atoms with E-state index in [2.05, 4.69) is 18.2 Å². The average Bonchev–Trinajstić information content (AvgIpc) is 2.40. The zero-order valence-corrected chi connectivity index (χ0v) is 12.7. The lowest BCUT2D eigenvalue weighted by Gasteiger charge is -2.24. The lowest BCUT2D eigenvalue weighted by molar-refractivity contribution is 0.200. The summed E-state index contributed by atoms with van der Waals surface area (Å²) in [5.74, 6) is 0. The molecule has 0 N–H and O–H groups in total. The summed E-state index contributed by atoms with van der Waals surface area (Å²) < 4.78 is 5.49. The van der Waals surface area contributed by atoms with Gasteiger partial charge in [0.2, 0.25) is 0 Å². The van der Waals surface area contributed by atoms with Gasteiger partial charge < -0.3 is 4.43 Å². The van der Waals surface area contributed by atoms with Crippen LogP contribution in [0.3, 0.4) is 0 Å². The molecule has 0 fully saturated rings. The van der Waals surface area contributed by atoms with Gasteiger partial charge in [0.25, 0.3) is 0 Å². The second kappa shape index (κ2) is 5.04. The van der Waals surface area contributed by atoms with Crippen LogP contribution in [0.5, 0.6) is 0 Å². The van der Waals surface area contributed by atoms with Crippen molar-refractivity contribution < 1.29 is 4.43 Å². The molecular weight excluding hydrogens is 248 g/mol. The van der Waals surface area contributed by atoms with Crippen LogP contribution >= 0.6 is 11.6 Å². The first-order valence-electron chi connectivity index (χ1n) is 5.54. The fourth-order valence-electron chi connectivity index (χ4n) is 1.85. The Morgan fingerprint density at radius 1 is 1.00 bits per heavy atom. The monoisotopic (exact) mass is 262 g/mol. The van der Waals surface area contributed by atoms with Gasteiger partial charge in [-0.3, -0.25) is 0 Å². The summed E-state index contributed by atoms with van der Waals surface area (Å²) >= 11 is 6.41. The Bertz CT molecular complexity index is 497. The van der Waals surface area contributed by atoms with Gasteiger partial charge in [-0.15, -0.1) is 0 Å². The topological polar surface area (TPSA) is 9.23 Å². The Hall–Kier alpha value is -1.09. The Kier molecular flexibility index (Phi) is 3.67. The number of benzene rings is 2. The molecule has 1 atom stereocenters. The zero-order valence-electron chi connectivity index (χ0n) is 9.98. The van der Waals surface area contributed by atoms with Crippen molar-refractivity contribution in [2.24, 2.45) is 0 Å². The van der Waals surface area contributed by atoms with Crippen LogP contribution in [0.4, 0.5) is 0 Å². The van der Waals surface area contributed by atoms with Crippen molar-refractivity contribution in [3.8, 4) is 11.1 Å². The van der Waals surface area contributed by atoms with Gasteiger partial charge in [0, 0.05) is 5.56 Å². The minimum atomic E-state index is -0.737. The fourth-order valence-corrected chi connectivity index (χ4v) is 2.24. The molecule has 0 heterocycles. The highest BCUT2D eigenvalue weighted by molar-refractivity contribution is 6.24. The molecule has 0 aliphatic carbocycles. The molecule has 1 unspecified atom stereocenters. The highest BCUT2D eigenvalue weighted by Crippen LogP contribution is 2.36. The maximum atomic E-state index is 6.41. The van der Waals surface area contributed by atoms with Gasteiger partial charge in [0.1, 0.15) is 10.5 Å². The van der Waals surface area contributed by atoms with Gasteiger partial charge >= 0.3 is 0 Å². The summed E-state index contributed by atoms with van der Waals surface area (Å²) in [6.07, 6.45) is 0. The van der Waals surface area contributed by atoms with Crippen LogP contribution in [0.25, 0.3) is 11.1 Å². The predicted molar refractivity (Wildman–Crippen MR) is 76.1 cm³/mol. The first kappa shape index (κ1) is 12.4. The SMILES string of the molecule is CC(Cl)(O[SiH3])c1ccccc1-c1ccccc1. The van der Waals surface area contributed by atoms with E-state index >= 15 is 0 Å². The Labute approximate surface area is 110 Å². The summed E-state index contributed by atoms with van der Waals surface area (Å²) in [4.78, 5) is 0. The molecule has 0 radical (unpaired) electrons. The van der Waals surface area contributed by atoms with E-state index in [4.69, 9.17) is 16.0 Å². The van der Waals surface area contributed by atoms with Crippen LogP contribution in [0.2, 0.25) is 0 Å².